The van der Waals surface area contributed by atoms with Gasteiger partial charge >= 0.3 is 5.97 Å². The number of hydrogen-bond donors (Lipinski definition) is 2. The number of aromatic carboxylic acids is 1. The van der Waals surface area contributed by atoms with Crippen LogP contribution in [0.15, 0.2) is 11.4 Å². The molecule has 1 aliphatic carbocycles. The molecule has 3 nitrogen and oxygen atoms in total. The van der Waals surface area contributed by atoms with Crippen LogP contribution >= 0.6 is 11.3 Å². The van der Waals surface area contributed by atoms with Crippen LogP contribution < -0.4 is 5.32 Å². The van der Waals surface area contributed by atoms with E-state index in [1.807, 2.05) is 0 Å². The maximum absolute atomic E-state index is 10.8. The highest BCUT2D eigenvalue weighted by Gasteiger charge is 2.26. The third-order valence-electron chi connectivity index (χ3n) is 3.81. The molecule has 0 saturated heterocycles. The van der Waals surface area contributed by atoms with Crippen molar-refractivity contribution in [1.82, 2.24) is 5.32 Å². The Kier molecular flexibility index (Phi) is 4.40. The normalized spacial score (nSPS) is 18.7. The Morgan fingerprint density at radius 1 is 1.44 bits per heavy atom. The van der Waals surface area contributed by atoms with E-state index in [0.29, 0.717) is 11.0 Å². The van der Waals surface area contributed by atoms with Crippen molar-refractivity contribution >= 4 is 17.3 Å². The molecule has 1 fully saturated rings. The molecule has 0 atom stereocenters. The highest BCUT2D eigenvalue weighted by atomic mass is 32.1. The second kappa shape index (κ2) is 5.85. The second-order valence-corrected chi connectivity index (χ2v) is 6.58. The zero-order valence-electron chi connectivity index (χ0n) is 10.9. The Labute approximate surface area is 112 Å². The molecule has 0 amide bonds. The fourth-order valence-electron chi connectivity index (χ4n) is 2.66. The minimum atomic E-state index is -0.836. The summed E-state index contributed by atoms with van der Waals surface area (Å²) in [4.78, 5) is 11.9. The van der Waals surface area contributed by atoms with Crippen LogP contribution in [0.2, 0.25) is 0 Å². The number of thiophene rings is 1. The standard InChI is InChI=1S/C14H21NO2S/c1-14(5-3-2-4-6-14)10-15-8-12-7-11(9-18-12)13(16)17/h7,9,15H,2-6,8,10H2,1H3,(H,16,17). The van der Waals surface area contributed by atoms with Crippen molar-refractivity contribution in [2.45, 2.75) is 45.6 Å². The van der Waals surface area contributed by atoms with Gasteiger partial charge in [-0.3, -0.25) is 0 Å². The van der Waals surface area contributed by atoms with E-state index in [2.05, 4.69) is 12.2 Å². The minimum absolute atomic E-state index is 0.403. The molecule has 1 saturated carbocycles. The lowest BCUT2D eigenvalue weighted by Crippen LogP contribution is -2.33. The summed E-state index contributed by atoms with van der Waals surface area (Å²) in [6.07, 6.45) is 6.69. The average molecular weight is 267 g/mol. The van der Waals surface area contributed by atoms with Crippen molar-refractivity contribution in [2.75, 3.05) is 6.54 Å². The highest BCUT2D eigenvalue weighted by molar-refractivity contribution is 7.10. The van der Waals surface area contributed by atoms with Crippen molar-refractivity contribution in [3.63, 3.8) is 0 Å². The number of carboxylic acid groups (broad SMARTS) is 1. The first-order valence-electron chi connectivity index (χ1n) is 6.60. The number of hydrogen-bond acceptors (Lipinski definition) is 3. The molecule has 2 rings (SSSR count). The quantitative estimate of drug-likeness (QED) is 0.858. The van der Waals surface area contributed by atoms with E-state index in [9.17, 15) is 4.79 Å². The third kappa shape index (κ3) is 3.56. The number of nitrogens with one attached hydrogen (secondary N) is 1. The zero-order valence-corrected chi connectivity index (χ0v) is 11.7. The highest BCUT2D eigenvalue weighted by Crippen LogP contribution is 2.35. The molecule has 100 valence electrons. The van der Waals surface area contributed by atoms with Gasteiger partial charge in [-0.05, 0) is 24.3 Å². The van der Waals surface area contributed by atoms with E-state index >= 15 is 0 Å². The van der Waals surface area contributed by atoms with Gasteiger partial charge in [-0.2, -0.15) is 0 Å². The van der Waals surface area contributed by atoms with Gasteiger partial charge in [0.05, 0.1) is 5.56 Å². The van der Waals surface area contributed by atoms with Crippen molar-refractivity contribution in [2.24, 2.45) is 5.41 Å². The Balaban J connectivity index is 1.78. The molecule has 1 aromatic rings. The SMILES string of the molecule is CC1(CNCc2cc(C(=O)O)cs2)CCCCC1. The Hall–Kier alpha value is -0.870. The van der Waals surface area contributed by atoms with E-state index in [0.717, 1.165) is 18.0 Å². The van der Waals surface area contributed by atoms with Gasteiger partial charge in [0.15, 0.2) is 0 Å². The summed E-state index contributed by atoms with van der Waals surface area (Å²) in [5.41, 5.74) is 0.839. The van der Waals surface area contributed by atoms with Gasteiger partial charge in [-0.1, -0.05) is 26.2 Å². The molecular formula is C14H21NO2S. The molecule has 1 aliphatic rings. The monoisotopic (exact) mass is 267 g/mol. The number of carboxylic acids is 1. The molecule has 4 heteroatoms. The van der Waals surface area contributed by atoms with Crippen molar-refractivity contribution in [3.8, 4) is 0 Å². The van der Waals surface area contributed by atoms with Gasteiger partial charge in [0, 0.05) is 23.3 Å². The summed E-state index contributed by atoms with van der Waals surface area (Å²) < 4.78 is 0. The fourth-order valence-corrected chi connectivity index (χ4v) is 3.48. The minimum Gasteiger partial charge on any atom is -0.478 e. The molecule has 0 aliphatic heterocycles. The Bertz CT molecular complexity index is 408. The maximum Gasteiger partial charge on any atom is 0.336 e. The molecular weight excluding hydrogens is 246 g/mol. The van der Waals surface area contributed by atoms with Crippen LogP contribution in [-0.2, 0) is 6.54 Å². The van der Waals surface area contributed by atoms with Crippen molar-refractivity contribution < 1.29 is 9.90 Å². The van der Waals surface area contributed by atoms with Crippen molar-refractivity contribution in [3.05, 3.63) is 21.9 Å². The summed E-state index contributed by atoms with van der Waals surface area (Å²) in [7, 11) is 0. The van der Waals surface area contributed by atoms with Gasteiger partial charge in [-0.15, -0.1) is 11.3 Å². The van der Waals surface area contributed by atoms with E-state index in [-0.39, 0.29) is 0 Å². The maximum atomic E-state index is 10.8. The molecule has 0 spiro atoms. The molecule has 2 N–H and O–H groups in total. The lowest BCUT2D eigenvalue weighted by molar-refractivity contribution is 0.0697. The first kappa shape index (κ1) is 13.6. The van der Waals surface area contributed by atoms with Crippen LogP contribution in [0, 0.1) is 5.41 Å². The molecule has 0 unspecified atom stereocenters. The van der Waals surface area contributed by atoms with Crippen LogP contribution in [0.4, 0.5) is 0 Å². The van der Waals surface area contributed by atoms with Crippen LogP contribution in [-0.4, -0.2) is 17.6 Å². The predicted octanol–water partition coefficient (Wildman–Crippen LogP) is 3.51. The predicted molar refractivity (Wildman–Crippen MR) is 74.2 cm³/mol. The summed E-state index contributed by atoms with van der Waals surface area (Å²) in [6.45, 7) is 4.18. The van der Waals surface area contributed by atoms with Crippen LogP contribution in [0.3, 0.4) is 0 Å². The average Bonchev–Trinajstić information content (AvgIpc) is 2.78. The van der Waals surface area contributed by atoms with Gasteiger partial charge in [0.1, 0.15) is 0 Å². The van der Waals surface area contributed by atoms with E-state index < -0.39 is 5.97 Å². The van der Waals surface area contributed by atoms with Gasteiger partial charge in [0.2, 0.25) is 0 Å². The van der Waals surface area contributed by atoms with Gasteiger partial charge in [0.25, 0.3) is 0 Å². The van der Waals surface area contributed by atoms with E-state index in [1.54, 1.807) is 11.4 Å². The topological polar surface area (TPSA) is 49.3 Å². The smallest absolute Gasteiger partial charge is 0.336 e. The summed E-state index contributed by atoms with van der Waals surface area (Å²) >= 11 is 1.52. The molecule has 18 heavy (non-hydrogen) atoms. The lowest BCUT2D eigenvalue weighted by atomic mass is 9.76. The van der Waals surface area contributed by atoms with Gasteiger partial charge < -0.3 is 10.4 Å². The van der Waals surface area contributed by atoms with Crippen LogP contribution in [0.1, 0.15) is 54.3 Å². The van der Waals surface area contributed by atoms with Crippen LogP contribution in [0.25, 0.3) is 0 Å². The lowest BCUT2D eigenvalue weighted by Gasteiger charge is -2.33. The van der Waals surface area contributed by atoms with Crippen molar-refractivity contribution in [1.29, 1.82) is 0 Å². The number of carbonyl (C=O) groups is 1. The molecule has 1 aromatic heterocycles. The zero-order chi connectivity index (χ0) is 13.0. The summed E-state index contributed by atoms with van der Waals surface area (Å²) in [5, 5.41) is 14.0. The first-order chi connectivity index (χ1) is 8.59. The van der Waals surface area contributed by atoms with E-state index in [4.69, 9.17) is 5.11 Å². The first-order valence-corrected chi connectivity index (χ1v) is 7.48. The summed E-state index contributed by atoms with van der Waals surface area (Å²) in [6, 6.07) is 1.77. The Morgan fingerprint density at radius 2 is 2.17 bits per heavy atom. The number of rotatable bonds is 5. The largest absolute Gasteiger partial charge is 0.478 e. The fraction of sp³-hybridized carbons (Fsp3) is 0.643. The third-order valence-corrected chi connectivity index (χ3v) is 4.75. The summed E-state index contributed by atoms with van der Waals surface area (Å²) in [5.74, 6) is -0.836. The van der Waals surface area contributed by atoms with E-state index in [1.165, 1.54) is 43.4 Å². The van der Waals surface area contributed by atoms with Crippen LogP contribution in [0.5, 0.6) is 0 Å². The molecule has 1 heterocycles. The molecule has 0 radical (unpaired) electrons. The molecule has 0 bridgehead atoms. The second-order valence-electron chi connectivity index (χ2n) is 5.58. The van der Waals surface area contributed by atoms with Gasteiger partial charge in [-0.25, -0.2) is 4.79 Å². The molecule has 0 aromatic carbocycles. The Morgan fingerprint density at radius 3 is 2.78 bits per heavy atom.